The van der Waals surface area contributed by atoms with Crippen LogP contribution in [-0.4, -0.2) is 55.7 Å². The van der Waals surface area contributed by atoms with Crippen molar-refractivity contribution in [1.29, 1.82) is 0 Å². The van der Waals surface area contributed by atoms with Crippen LogP contribution >= 0.6 is 11.8 Å². The number of amidine groups is 1. The minimum absolute atomic E-state index is 0.0983. The second-order valence-electron chi connectivity index (χ2n) is 7.33. The van der Waals surface area contributed by atoms with Gasteiger partial charge in [-0.05, 0) is 41.8 Å². The van der Waals surface area contributed by atoms with Crippen LogP contribution in [0, 0.1) is 5.82 Å². The van der Waals surface area contributed by atoms with Gasteiger partial charge in [0.15, 0.2) is 15.0 Å². The molecule has 0 spiro atoms. The van der Waals surface area contributed by atoms with Gasteiger partial charge in [-0.3, -0.25) is 4.99 Å². The highest BCUT2D eigenvalue weighted by Gasteiger charge is 2.46. The fourth-order valence-electron chi connectivity index (χ4n) is 3.74. The first-order chi connectivity index (χ1) is 13.9. The molecular formula is C21H23FN2O3S2. The number of benzene rings is 2. The monoisotopic (exact) mass is 434 g/mol. The van der Waals surface area contributed by atoms with Crippen LogP contribution < -0.4 is 4.74 Å². The number of sulfone groups is 1. The average molecular weight is 435 g/mol. The zero-order valence-electron chi connectivity index (χ0n) is 16.1. The molecule has 2 atom stereocenters. The smallest absolute Gasteiger partial charge is 0.160 e. The van der Waals surface area contributed by atoms with Crippen molar-refractivity contribution >= 4 is 26.8 Å². The van der Waals surface area contributed by atoms with E-state index in [0.717, 1.165) is 27.8 Å². The standard InChI is InChI=1S/C21H23FN2O3S2/c1-27-18-8-4-16(5-9-18)12-28-21-23-19-13-29(25,26)14-20(19)24(21)11-10-15-2-6-17(22)7-3-15/h2-9,19-20H,10-14H2,1H3/t19-,20+/m0/s1. The maximum absolute atomic E-state index is 13.2. The maximum atomic E-state index is 13.2. The number of halogens is 1. The Morgan fingerprint density at radius 3 is 2.48 bits per heavy atom. The molecule has 2 aliphatic rings. The van der Waals surface area contributed by atoms with E-state index in [4.69, 9.17) is 9.73 Å². The summed E-state index contributed by atoms with van der Waals surface area (Å²) in [7, 11) is -1.41. The maximum Gasteiger partial charge on any atom is 0.160 e. The van der Waals surface area contributed by atoms with Crippen molar-refractivity contribution < 1.29 is 17.5 Å². The van der Waals surface area contributed by atoms with Crippen LogP contribution in [0.15, 0.2) is 53.5 Å². The molecule has 2 aliphatic heterocycles. The molecule has 0 radical (unpaired) electrons. The van der Waals surface area contributed by atoms with Crippen LogP contribution in [0.4, 0.5) is 4.39 Å². The molecular weight excluding hydrogens is 411 g/mol. The van der Waals surface area contributed by atoms with E-state index in [1.807, 2.05) is 24.3 Å². The Bertz CT molecular complexity index is 992. The molecule has 2 aromatic carbocycles. The van der Waals surface area contributed by atoms with Gasteiger partial charge in [0.05, 0.1) is 30.7 Å². The number of ether oxygens (including phenoxy) is 1. The van der Waals surface area contributed by atoms with E-state index in [1.165, 1.54) is 12.1 Å². The van der Waals surface area contributed by atoms with Crippen LogP contribution in [0.25, 0.3) is 0 Å². The summed E-state index contributed by atoms with van der Waals surface area (Å²) in [6.07, 6.45) is 0.714. The molecule has 2 heterocycles. The third-order valence-electron chi connectivity index (χ3n) is 5.30. The molecule has 1 saturated heterocycles. The lowest BCUT2D eigenvalue weighted by Crippen LogP contribution is -2.40. The summed E-state index contributed by atoms with van der Waals surface area (Å²) in [6, 6.07) is 14.1. The third-order valence-corrected chi connectivity index (χ3v) is 8.07. The molecule has 0 bridgehead atoms. The fraction of sp³-hybridized carbons (Fsp3) is 0.381. The number of nitrogens with zero attached hydrogens (tertiary/aromatic N) is 2. The van der Waals surface area contributed by atoms with Gasteiger partial charge in [-0.2, -0.15) is 0 Å². The second kappa shape index (κ2) is 8.36. The highest BCUT2D eigenvalue weighted by Crippen LogP contribution is 2.32. The first kappa shape index (κ1) is 20.2. The molecule has 0 aromatic heterocycles. The molecule has 0 unspecified atom stereocenters. The van der Waals surface area contributed by atoms with Gasteiger partial charge in [-0.15, -0.1) is 0 Å². The summed E-state index contributed by atoms with van der Waals surface area (Å²) in [4.78, 5) is 6.88. The van der Waals surface area contributed by atoms with Crippen molar-refractivity contribution in [2.24, 2.45) is 4.99 Å². The van der Waals surface area contributed by atoms with E-state index in [0.29, 0.717) is 13.0 Å². The summed E-state index contributed by atoms with van der Waals surface area (Å²) >= 11 is 1.63. The highest BCUT2D eigenvalue weighted by atomic mass is 32.2. The number of hydrogen-bond donors (Lipinski definition) is 0. The highest BCUT2D eigenvalue weighted by molar-refractivity contribution is 8.13. The Balaban J connectivity index is 1.46. The van der Waals surface area contributed by atoms with Crippen LogP contribution in [0.2, 0.25) is 0 Å². The topological polar surface area (TPSA) is 59.0 Å². The molecule has 154 valence electrons. The van der Waals surface area contributed by atoms with Crippen molar-refractivity contribution in [1.82, 2.24) is 4.90 Å². The van der Waals surface area contributed by atoms with E-state index in [-0.39, 0.29) is 29.4 Å². The summed E-state index contributed by atoms with van der Waals surface area (Å²) in [5.74, 6) is 1.59. The largest absolute Gasteiger partial charge is 0.497 e. The minimum Gasteiger partial charge on any atom is -0.497 e. The SMILES string of the molecule is COc1ccc(CSC2=N[C@H]3CS(=O)(=O)C[C@H]3N2CCc2ccc(F)cc2)cc1. The van der Waals surface area contributed by atoms with E-state index in [9.17, 15) is 12.8 Å². The Hall–Kier alpha value is -2.06. The minimum atomic E-state index is -3.05. The molecule has 1 fully saturated rings. The van der Waals surface area contributed by atoms with Gasteiger partial charge in [-0.1, -0.05) is 36.0 Å². The Labute approximate surface area is 174 Å². The van der Waals surface area contributed by atoms with Gasteiger partial charge >= 0.3 is 0 Å². The Kier molecular flexibility index (Phi) is 5.83. The van der Waals surface area contributed by atoms with Gasteiger partial charge in [0, 0.05) is 12.3 Å². The van der Waals surface area contributed by atoms with Crippen molar-refractivity contribution in [3.63, 3.8) is 0 Å². The fourth-order valence-corrected chi connectivity index (χ4v) is 6.71. The van der Waals surface area contributed by atoms with Gasteiger partial charge in [0.2, 0.25) is 0 Å². The number of thioether (sulfide) groups is 1. The average Bonchev–Trinajstić information content (AvgIpc) is 3.17. The zero-order chi connectivity index (χ0) is 20.4. The summed E-state index contributed by atoms with van der Waals surface area (Å²) in [6.45, 7) is 0.663. The van der Waals surface area contributed by atoms with Crippen molar-refractivity contribution in [2.75, 3.05) is 25.2 Å². The van der Waals surface area contributed by atoms with Gasteiger partial charge in [0.25, 0.3) is 0 Å². The number of hydrogen-bond acceptors (Lipinski definition) is 6. The summed E-state index contributed by atoms with van der Waals surface area (Å²) < 4.78 is 42.5. The lowest BCUT2D eigenvalue weighted by Gasteiger charge is -2.26. The second-order valence-corrected chi connectivity index (χ2v) is 10.4. The summed E-state index contributed by atoms with van der Waals surface area (Å²) in [5.41, 5.74) is 2.18. The predicted octanol–water partition coefficient (Wildman–Crippen LogP) is 3.15. The normalized spacial score (nSPS) is 22.4. The molecule has 0 N–H and O–H groups in total. The van der Waals surface area contributed by atoms with Crippen molar-refractivity contribution in [2.45, 2.75) is 24.3 Å². The molecule has 5 nitrogen and oxygen atoms in total. The number of fused-ring (bicyclic) bond motifs is 1. The van der Waals surface area contributed by atoms with Crippen LogP contribution in [0.1, 0.15) is 11.1 Å². The zero-order valence-corrected chi connectivity index (χ0v) is 17.8. The quantitative estimate of drug-likeness (QED) is 0.699. The van der Waals surface area contributed by atoms with E-state index in [2.05, 4.69) is 4.90 Å². The van der Waals surface area contributed by atoms with Gasteiger partial charge < -0.3 is 9.64 Å². The van der Waals surface area contributed by atoms with Crippen LogP contribution in [0.5, 0.6) is 5.75 Å². The van der Waals surface area contributed by atoms with Gasteiger partial charge in [-0.25, -0.2) is 12.8 Å². The van der Waals surface area contributed by atoms with Crippen LogP contribution in [-0.2, 0) is 22.0 Å². The lowest BCUT2D eigenvalue weighted by atomic mass is 10.1. The summed E-state index contributed by atoms with van der Waals surface area (Å²) in [5, 5.41) is 0.896. The molecule has 0 saturated carbocycles. The lowest BCUT2D eigenvalue weighted by molar-refractivity contribution is 0.352. The van der Waals surface area contributed by atoms with Crippen LogP contribution in [0.3, 0.4) is 0 Å². The first-order valence-corrected chi connectivity index (χ1v) is 12.3. The molecule has 29 heavy (non-hydrogen) atoms. The van der Waals surface area contributed by atoms with Gasteiger partial charge in [0.1, 0.15) is 11.6 Å². The molecule has 2 aromatic rings. The Morgan fingerprint density at radius 1 is 1.10 bits per heavy atom. The van der Waals surface area contributed by atoms with E-state index >= 15 is 0 Å². The molecule has 4 rings (SSSR count). The molecule has 8 heteroatoms. The number of aliphatic imine (C=N–C) groups is 1. The molecule has 0 amide bonds. The number of rotatable bonds is 6. The number of methoxy groups -OCH3 is 1. The predicted molar refractivity (Wildman–Crippen MR) is 115 cm³/mol. The van der Waals surface area contributed by atoms with E-state index < -0.39 is 9.84 Å². The van der Waals surface area contributed by atoms with Crippen molar-refractivity contribution in [3.05, 3.63) is 65.5 Å². The molecule has 0 aliphatic carbocycles. The van der Waals surface area contributed by atoms with Crippen molar-refractivity contribution in [3.8, 4) is 5.75 Å². The Morgan fingerprint density at radius 2 is 1.79 bits per heavy atom. The van der Waals surface area contributed by atoms with E-state index in [1.54, 1.807) is 31.0 Å². The first-order valence-electron chi connectivity index (χ1n) is 9.48. The third kappa shape index (κ3) is 4.75.